The summed E-state index contributed by atoms with van der Waals surface area (Å²) in [6.07, 6.45) is -4.64. The summed E-state index contributed by atoms with van der Waals surface area (Å²) in [5.74, 6) is -2.35. The Kier molecular flexibility index (Phi) is 3.75. The quantitative estimate of drug-likeness (QED) is 0.515. The number of benzene rings is 1. The van der Waals surface area contributed by atoms with E-state index in [-0.39, 0.29) is 14.8 Å². The van der Waals surface area contributed by atoms with Crippen molar-refractivity contribution in [3.63, 3.8) is 0 Å². The first-order valence-corrected chi connectivity index (χ1v) is 6.06. The van der Waals surface area contributed by atoms with Crippen LogP contribution in [0.4, 0.5) is 22.0 Å². The molecule has 0 bridgehead atoms. The second-order valence-electron chi connectivity index (χ2n) is 3.65. The van der Waals surface area contributed by atoms with Gasteiger partial charge in [0.25, 0.3) is 0 Å². The van der Waals surface area contributed by atoms with Crippen LogP contribution in [0.2, 0.25) is 0 Å². The zero-order chi connectivity index (χ0) is 14.2. The van der Waals surface area contributed by atoms with Crippen molar-refractivity contribution in [1.29, 1.82) is 0 Å². The smallest absolute Gasteiger partial charge is 0.243 e. The standard InChI is InChI=1S/C12H5F5IN/c13-8-3-1-2-7(11(8)14)9-4-6(18)5-10(19-9)12(15,16)17/h1-5H. The average molecular weight is 385 g/mol. The number of aromatic nitrogens is 1. The summed E-state index contributed by atoms with van der Waals surface area (Å²) in [5, 5.41) is 0. The lowest BCUT2D eigenvalue weighted by Gasteiger charge is -2.10. The van der Waals surface area contributed by atoms with Crippen LogP contribution in [0.15, 0.2) is 30.3 Å². The maximum absolute atomic E-state index is 13.5. The Morgan fingerprint density at radius 2 is 1.74 bits per heavy atom. The van der Waals surface area contributed by atoms with Crippen LogP contribution < -0.4 is 0 Å². The number of pyridine rings is 1. The summed E-state index contributed by atoms with van der Waals surface area (Å²) >= 11 is 1.66. The number of hydrogen-bond acceptors (Lipinski definition) is 1. The van der Waals surface area contributed by atoms with E-state index in [1.807, 2.05) is 0 Å². The largest absolute Gasteiger partial charge is 0.433 e. The maximum Gasteiger partial charge on any atom is 0.433 e. The van der Waals surface area contributed by atoms with Crippen molar-refractivity contribution in [2.24, 2.45) is 0 Å². The van der Waals surface area contributed by atoms with Crippen molar-refractivity contribution in [2.45, 2.75) is 6.18 Å². The van der Waals surface area contributed by atoms with E-state index < -0.39 is 23.5 Å². The van der Waals surface area contributed by atoms with Gasteiger partial charge >= 0.3 is 6.18 Å². The first-order valence-electron chi connectivity index (χ1n) is 4.98. The van der Waals surface area contributed by atoms with E-state index in [2.05, 4.69) is 4.98 Å². The van der Waals surface area contributed by atoms with E-state index >= 15 is 0 Å². The second kappa shape index (κ2) is 5.03. The van der Waals surface area contributed by atoms with Crippen LogP contribution in [0.1, 0.15) is 5.69 Å². The fourth-order valence-corrected chi connectivity index (χ4v) is 2.07. The fourth-order valence-electron chi connectivity index (χ4n) is 1.48. The Morgan fingerprint density at radius 3 is 2.37 bits per heavy atom. The molecule has 0 unspecified atom stereocenters. The van der Waals surface area contributed by atoms with Gasteiger partial charge in [-0.15, -0.1) is 0 Å². The molecule has 19 heavy (non-hydrogen) atoms. The van der Waals surface area contributed by atoms with Gasteiger partial charge < -0.3 is 0 Å². The minimum Gasteiger partial charge on any atom is -0.243 e. The van der Waals surface area contributed by atoms with Crippen molar-refractivity contribution in [3.05, 3.63) is 51.2 Å². The van der Waals surface area contributed by atoms with Gasteiger partial charge in [-0.1, -0.05) is 6.07 Å². The molecular weight excluding hydrogens is 380 g/mol. The highest BCUT2D eigenvalue weighted by molar-refractivity contribution is 14.1. The zero-order valence-corrected chi connectivity index (χ0v) is 11.3. The van der Waals surface area contributed by atoms with Gasteiger partial charge in [0.2, 0.25) is 0 Å². The molecule has 0 radical (unpaired) electrons. The van der Waals surface area contributed by atoms with E-state index in [9.17, 15) is 22.0 Å². The fraction of sp³-hybridized carbons (Fsp3) is 0.0833. The van der Waals surface area contributed by atoms with Crippen molar-refractivity contribution < 1.29 is 22.0 Å². The molecule has 0 amide bonds. The minimum atomic E-state index is -4.64. The number of alkyl halides is 3. The van der Waals surface area contributed by atoms with Crippen LogP contribution in [-0.4, -0.2) is 4.98 Å². The zero-order valence-electron chi connectivity index (χ0n) is 9.10. The second-order valence-corrected chi connectivity index (χ2v) is 4.90. The van der Waals surface area contributed by atoms with Crippen molar-refractivity contribution in [3.8, 4) is 11.3 Å². The normalized spacial score (nSPS) is 11.7. The third-order valence-electron chi connectivity index (χ3n) is 2.31. The van der Waals surface area contributed by atoms with Crippen LogP contribution in [0.25, 0.3) is 11.3 Å². The van der Waals surface area contributed by atoms with E-state index in [0.29, 0.717) is 0 Å². The van der Waals surface area contributed by atoms with Crippen LogP contribution in [0.3, 0.4) is 0 Å². The molecule has 7 heteroatoms. The molecule has 0 saturated heterocycles. The van der Waals surface area contributed by atoms with Crippen molar-refractivity contribution >= 4 is 22.6 Å². The summed E-state index contributed by atoms with van der Waals surface area (Å²) in [5.41, 5.74) is -1.70. The molecule has 0 spiro atoms. The molecule has 2 rings (SSSR count). The maximum atomic E-state index is 13.5. The first kappa shape index (κ1) is 14.2. The van der Waals surface area contributed by atoms with Gasteiger partial charge in [0.1, 0.15) is 5.69 Å². The molecule has 0 saturated carbocycles. The summed E-state index contributed by atoms with van der Waals surface area (Å²) in [6.45, 7) is 0. The molecule has 0 aliphatic carbocycles. The SMILES string of the molecule is Fc1cccc(-c2cc(I)cc(C(F)(F)F)n2)c1F. The average Bonchev–Trinajstić information content (AvgIpc) is 2.31. The molecule has 1 nitrogen and oxygen atoms in total. The Morgan fingerprint density at radius 1 is 1.05 bits per heavy atom. The predicted molar refractivity (Wildman–Crippen MR) is 67.3 cm³/mol. The Labute approximate surface area is 118 Å². The third-order valence-corrected chi connectivity index (χ3v) is 2.93. The summed E-state index contributed by atoms with van der Waals surface area (Å²) in [6, 6.07) is 5.37. The van der Waals surface area contributed by atoms with Gasteiger partial charge in [0.05, 0.1) is 5.69 Å². The van der Waals surface area contributed by atoms with Crippen LogP contribution >= 0.6 is 22.6 Å². The van der Waals surface area contributed by atoms with E-state index in [4.69, 9.17) is 0 Å². The molecule has 100 valence electrons. The molecule has 1 aromatic carbocycles. The molecule has 0 aliphatic rings. The van der Waals surface area contributed by atoms with E-state index in [0.717, 1.165) is 12.1 Å². The molecule has 0 fully saturated rings. The van der Waals surface area contributed by atoms with Gasteiger partial charge in [0.15, 0.2) is 11.6 Å². The molecule has 0 N–H and O–H groups in total. The van der Waals surface area contributed by atoms with Crippen molar-refractivity contribution in [2.75, 3.05) is 0 Å². The molecule has 1 aromatic heterocycles. The summed E-state index contributed by atoms with van der Waals surface area (Å²) in [4.78, 5) is 3.34. The highest BCUT2D eigenvalue weighted by atomic mass is 127. The topological polar surface area (TPSA) is 12.9 Å². The van der Waals surface area contributed by atoms with Gasteiger partial charge in [-0.2, -0.15) is 13.2 Å². The number of nitrogens with zero attached hydrogens (tertiary/aromatic N) is 1. The highest BCUT2D eigenvalue weighted by Crippen LogP contribution is 2.32. The lowest BCUT2D eigenvalue weighted by molar-refractivity contribution is -0.141. The predicted octanol–water partition coefficient (Wildman–Crippen LogP) is 4.65. The number of halogens is 6. The lowest BCUT2D eigenvalue weighted by atomic mass is 10.1. The van der Waals surface area contributed by atoms with Crippen LogP contribution in [0, 0.1) is 15.2 Å². The first-order chi connectivity index (χ1) is 8.79. The van der Waals surface area contributed by atoms with Gasteiger partial charge in [-0.05, 0) is 46.9 Å². The highest BCUT2D eigenvalue weighted by Gasteiger charge is 2.33. The van der Waals surface area contributed by atoms with Crippen LogP contribution in [-0.2, 0) is 6.18 Å². The van der Waals surface area contributed by atoms with Gasteiger partial charge in [-0.3, -0.25) is 0 Å². The van der Waals surface area contributed by atoms with E-state index in [1.54, 1.807) is 22.6 Å². The summed E-state index contributed by atoms with van der Waals surface area (Å²) < 4.78 is 64.7. The Bertz CT molecular complexity index is 624. The minimum absolute atomic E-state index is 0.235. The number of rotatable bonds is 1. The Balaban J connectivity index is 2.63. The van der Waals surface area contributed by atoms with Crippen molar-refractivity contribution in [1.82, 2.24) is 4.98 Å². The molecule has 0 atom stereocenters. The molecule has 1 heterocycles. The molecule has 0 aliphatic heterocycles. The van der Waals surface area contributed by atoms with Gasteiger partial charge in [-0.25, -0.2) is 13.8 Å². The van der Waals surface area contributed by atoms with Gasteiger partial charge in [0, 0.05) is 9.13 Å². The molecule has 2 aromatic rings. The third kappa shape index (κ3) is 3.02. The Hall–Kier alpha value is -1.25. The van der Waals surface area contributed by atoms with E-state index in [1.165, 1.54) is 18.2 Å². The molecular formula is C12H5F5IN. The summed E-state index contributed by atoms with van der Waals surface area (Å²) in [7, 11) is 0. The number of hydrogen-bond donors (Lipinski definition) is 0. The van der Waals surface area contributed by atoms with Crippen LogP contribution in [0.5, 0.6) is 0 Å². The lowest BCUT2D eigenvalue weighted by Crippen LogP contribution is -2.09. The monoisotopic (exact) mass is 385 g/mol.